The number of nitrogens with zero attached hydrogens (tertiary/aromatic N) is 2. The molecule has 0 spiro atoms. The van der Waals surface area contributed by atoms with Crippen LogP contribution in [0.4, 0.5) is 11.4 Å². The lowest BCUT2D eigenvalue weighted by atomic mass is 10.2. The van der Waals surface area contributed by atoms with Gasteiger partial charge >= 0.3 is 5.97 Å². The number of anilines is 1. The summed E-state index contributed by atoms with van der Waals surface area (Å²) in [5.41, 5.74) is -0.0919. The molecule has 2 aromatic carbocycles. The molecule has 3 rings (SSSR count). The third-order valence-corrected chi connectivity index (χ3v) is 5.74. The Hall–Kier alpha value is -3.34. The molecule has 0 N–H and O–H groups in total. The second-order valence-electron chi connectivity index (χ2n) is 5.67. The second kappa shape index (κ2) is 7.72. The Morgan fingerprint density at radius 1 is 1.14 bits per heavy atom. The van der Waals surface area contributed by atoms with Gasteiger partial charge in [-0.05, 0) is 24.3 Å². The van der Waals surface area contributed by atoms with E-state index in [1.54, 1.807) is 6.07 Å². The van der Waals surface area contributed by atoms with Crippen LogP contribution in [-0.4, -0.2) is 46.2 Å². The fourth-order valence-corrected chi connectivity index (χ4v) is 3.95. The zero-order valence-electron chi connectivity index (χ0n) is 14.7. The molecule has 0 saturated carbocycles. The molecule has 0 atom stereocenters. The van der Waals surface area contributed by atoms with Crippen LogP contribution >= 0.6 is 0 Å². The highest BCUT2D eigenvalue weighted by Gasteiger charge is 2.29. The van der Waals surface area contributed by atoms with Crippen molar-refractivity contribution < 1.29 is 32.3 Å². The molecule has 28 heavy (non-hydrogen) atoms. The summed E-state index contributed by atoms with van der Waals surface area (Å²) >= 11 is 0. The van der Waals surface area contributed by atoms with Crippen LogP contribution in [0.2, 0.25) is 0 Å². The van der Waals surface area contributed by atoms with Crippen molar-refractivity contribution in [3.05, 3.63) is 52.6 Å². The number of carbonyl (C=O) groups is 1. The summed E-state index contributed by atoms with van der Waals surface area (Å²) < 4.78 is 42.6. The number of nitro groups is 1. The fourth-order valence-electron chi connectivity index (χ4n) is 2.55. The van der Waals surface area contributed by atoms with Gasteiger partial charge in [0, 0.05) is 18.2 Å². The zero-order valence-corrected chi connectivity index (χ0v) is 15.5. The number of esters is 1. The van der Waals surface area contributed by atoms with Crippen molar-refractivity contribution in [2.24, 2.45) is 0 Å². The summed E-state index contributed by atoms with van der Waals surface area (Å²) in [5.74, 6) is 0.0265. The van der Waals surface area contributed by atoms with E-state index in [1.165, 1.54) is 12.1 Å². The molecule has 0 unspecified atom stereocenters. The quantitative estimate of drug-likeness (QED) is 0.402. The van der Waals surface area contributed by atoms with Crippen LogP contribution < -0.4 is 13.8 Å². The van der Waals surface area contributed by atoms with Crippen molar-refractivity contribution >= 4 is 27.4 Å². The number of rotatable bonds is 6. The number of ether oxygens (including phenoxy) is 3. The van der Waals surface area contributed by atoms with E-state index in [2.05, 4.69) is 4.74 Å². The molecular formula is C17H16N2O8S. The van der Waals surface area contributed by atoms with Gasteiger partial charge in [0.15, 0.2) is 11.5 Å². The fraction of sp³-hybridized carbons (Fsp3) is 0.235. The Labute approximate surface area is 160 Å². The first-order chi connectivity index (χ1) is 13.3. The highest BCUT2D eigenvalue weighted by Crippen LogP contribution is 2.35. The first-order valence-corrected chi connectivity index (χ1v) is 9.50. The van der Waals surface area contributed by atoms with Crippen LogP contribution in [0.5, 0.6) is 11.5 Å². The number of non-ortho nitro benzene ring substituents is 1. The summed E-state index contributed by atoms with van der Waals surface area (Å²) in [6, 6.07) is 8.82. The molecule has 2 aromatic rings. The minimum Gasteiger partial charge on any atom is -0.486 e. The van der Waals surface area contributed by atoms with Gasteiger partial charge in [-0.2, -0.15) is 0 Å². The lowest BCUT2D eigenvalue weighted by molar-refractivity contribution is -0.384. The molecule has 0 saturated heterocycles. The van der Waals surface area contributed by atoms with Gasteiger partial charge in [-0.25, -0.2) is 8.42 Å². The van der Waals surface area contributed by atoms with Crippen LogP contribution in [0, 0.1) is 10.1 Å². The van der Waals surface area contributed by atoms with Gasteiger partial charge in [0.25, 0.3) is 15.7 Å². The van der Waals surface area contributed by atoms with Crippen molar-refractivity contribution in [3.8, 4) is 11.5 Å². The van der Waals surface area contributed by atoms with E-state index in [-0.39, 0.29) is 16.3 Å². The van der Waals surface area contributed by atoms with Crippen molar-refractivity contribution in [3.63, 3.8) is 0 Å². The van der Waals surface area contributed by atoms with E-state index in [4.69, 9.17) is 9.47 Å². The Kier molecular flexibility index (Phi) is 5.36. The molecular weight excluding hydrogens is 392 g/mol. The van der Waals surface area contributed by atoms with Gasteiger partial charge in [-0.15, -0.1) is 0 Å². The van der Waals surface area contributed by atoms with E-state index in [0.29, 0.717) is 24.7 Å². The molecule has 0 bridgehead atoms. The third kappa shape index (κ3) is 3.83. The van der Waals surface area contributed by atoms with Crippen LogP contribution in [0.1, 0.15) is 0 Å². The highest BCUT2D eigenvalue weighted by molar-refractivity contribution is 7.92. The standard InChI is InChI=1S/C17H16N2O8S/c1-25-17(20)11-18(13-4-7-15-16(10-13)27-9-8-26-15)28(23,24)14-5-2-12(3-6-14)19(21)22/h2-7,10H,8-9,11H2,1H3. The first kappa shape index (κ1) is 19.4. The van der Waals surface area contributed by atoms with Crippen molar-refractivity contribution in [1.29, 1.82) is 0 Å². The molecule has 11 heteroatoms. The van der Waals surface area contributed by atoms with E-state index in [1.807, 2.05) is 0 Å². The second-order valence-corrected chi connectivity index (χ2v) is 7.53. The predicted octanol–water partition coefficient (Wildman–Crippen LogP) is 1.73. The Morgan fingerprint density at radius 3 is 2.39 bits per heavy atom. The molecule has 148 valence electrons. The van der Waals surface area contributed by atoms with Crippen LogP contribution in [0.25, 0.3) is 0 Å². The third-order valence-electron chi connectivity index (χ3n) is 3.95. The average Bonchev–Trinajstić information content (AvgIpc) is 2.71. The number of methoxy groups -OCH3 is 1. The summed E-state index contributed by atoms with van der Waals surface area (Å²) in [6.07, 6.45) is 0. The lowest BCUT2D eigenvalue weighted by Gasteiger charge is -2.25. The van der Waals surface area contributed by atoms with Gasteiger partial charge in [-0.3, -0.25) is 19.2 Å². The number of nitro benzene ring substituents is 1. The Balaban J connectivity index is 2.03. The number of hydrogen-bond donors (Lipinski definition) is 0. The SMILES string of the molecule is COC(=O)CN(c1ccc2c(c1)OCCO2)S(=O)(=O)c1ccc([N+](=O)[O-])cc1. The van der Waals surface area contributed by atoms with Crippen LogP contribution in [0.3, 0.4) is 0 Å². The van der Waals surface area contributed by atoms with Gasteiger partial charge < -0.3 is 14.2 Å². The van der Waals surface area contributed by atoms with Crippen LogP contribution in [-0.2, 0) is 19.6 Å². The topological polar surface area (TPSA) is 125 Å². The maximum atomic E-state index is 13.1. The molecule has 1 aliphatic rings. The Bertz CT molecular complexity index is 1000. The van der Waals surface area contributed by atoms with E-state index >= 15 is 0 Å². The minimum atomic E-state index is -4.21. The number of fused-ring (bicyclic) bond motifs is 1. The van der Waals surface area contributed by atoms with Gasteiger partial charge in [0.05, 0.1) is 22.6 Å². The first-order valence-electron chi connectivity index (χ1n) is 8.06. The summed E-state index contributed by atoms with van der Waals surface area (Å²) in [6.45, 7) is 0.0946. The maximum absolute atomic E-state index is 13.1. The average molecular weight is 408 g/mol. The van der Waals surface area contributed by atoms with Gasteiger partial charge in [0.2, 0.25) is 0 Å². The van der Waals surface area contributed by atoms with Gasteiger partial charge in [-0.1, -0.05) is 0 Å². The maximum Gasteiger partial charge on any atom is 0.326 e. The molecule has 0 radical (unpaired) electrons. The lowest BCUT2D eigenvalue weighted by Crippen LogP contribution is -2.36. The van der Waals surface area contributed by atoms with Crippen molar-refractivity contribution in [2.75, 3.05) is 31.2 Å². The summed E-state index contributed by atoms with van der Waals surface area (Å²) in [4.78, 5) is 21.8. The molecule has 0 aromatic heterocycles. The minimum absolute atomic E-state index is 0.160. The zero-order chi connectivity index (χ0) is 20.3. The smallest absolute Gasteiger partial charge is 0.326 e. The molecule has 1 heterocycles. The molecule has 10 nitrogen and oxygen atoms in total. The van der Waals surface area contributed by atoms with E-state index < -0.39 is 27.5 Å². The summed E-state index contributed by atoms with van der Waals surface area (Å²) in [5, 5.41) is 10.8. The number of hydrogen-bond acceptors (Lipinski definition) is 8. The largest absolute Gasteiger partial charge is 0.486 e. The van der Waals surface area contributed by atoms with Crippen molar-refractivity contribution in [1.82, 2.24) is 0 Å². The Morgan fingerprint density at radius 2 is 1.79 bits per heavy atom. The molecule has 0 amide bonds. The monoisotopic (exact) mass is 408 g/mol. The normalized spacial score (nSPS) is 12.9. The molecule has 0 fully saturated rings. The van der Waals surface area contributed by atoms with Crippen LogP contribution in [0.15, 0.2) is 47.4 Å². The predicted molar refractivity (Wildman–Crippen MR) is 97.1 cm³/mol. The summed E-state index contributed by atoms with van der Waals surface area (Å²) in [7, 11) is -3.07. The number of carbonyl (C=O) groups excluding carboxylic acids is 1. The van der Waals surface area contributed by atoms with Crippen molar-refractivity contribution in [2.45, 2.75) is 4.90 Å². The highest BCUT2D eigenvalue weighted by atomic mass is 32.2. The van der Waals surface area contributed by atoms with Gasteiger partial charge in [0.1, 0.15) is 19.8 Å². The number of sulfonamides is 1. The number of benzene rings is 2. The van der Waals surface area contributed by atoms with E-state index in [0.717, 1.165) is 35.7 Å². The van der Waals surface area contributed by atoms with E-state index in [9.17, 15) is 23.3 Å². The molecule has 0 aliphatic carbocycles. The molecule has 1 aliphatic heterocycles.